The van der Waals surface area contributed by atoms with Gasteiger partial charge in [0.2, 0.25) is 0 Å². The molecule has 112 valence electrons. The lowest BCUT2D eigenvalue weighted by atomic mass is 9.91. The van der Waals surface area contributed by atoms with Gasteiger partial charge >= 0.3 is 0 Å². The first-order chi connectivity index (χ1) is 10.2. The Morgan fingerprint density at radius 2 is 2.38 bits per heavy atom. The number of halogens is 1. The maximum atomic E-state index is 5.94. The first kappa shape index (κ1) is 14.5. The summed E-state index contributed by atoms with van der Waals surface area (Å²) in [6.07, 6.45) is 6.14. The van der Waals surface area contributed by atoms with Gasteiger partial charge in [0.15, 0.2) is 0 Å². The molecule has 1 fully saturated rings. The van der Waals surface area contributed by atoms with Crippen molar-refractivity contribution in [3.8, 4) is 0 Å². The third-order valence-corrected chi connectivity index (χ3v) is 4.70. The molecule has 2 aromatic heterocycles. The molecule has 5 nitrogen and oxygen atoms in total. The van der Waals surface area contributed by atoms with E-state index in [0.717, 1.165) is 47.5 Å². The largest absolute Gasteiger partial charge is 0.373 e. The molecule has 0 unspecified atom stereocenters. The van der Waals surface area contributed by atoms with Gasteiger partial charge in [-0.25, -0.2) is 4.98 Å². The topological polar surface area (TPSA) is 62.8 Å². The van der Waals surface area contributed by atoms with Gasteiger partial charge in [-0.05, 0) is 47.8 Å². The Morgan fingerprint density at radius 1 is 1.48 bits per heavy atom. The Labute approximate surface area is 132 Å². The molecule has 0 aliphatic carbocycles. The van der Waals surface area contributed by atoms with Crippen molar-refractivity contribution in [2.24, 2.45) is 5.92 Å². The predicted molar refractivity (Wildman–Crippen MR) is 85.2 cm³/mol. The lowest BCUT2D eigenvalue weighted by Gasteiger charge is -2.31. The molecular formula is C15H19BrN4O. The van der Waals surface area contributed by atoms with E-state index in [-0.39, 0.29) is 6.10 Å². The molecule has 1 aliphatic heterocycles. The Hall–Kier alpha value is -1.40. The molecule has 0 radical (unpaired) electrons. The number of anilines is 1. The van der Waals surface area contributed by atoms with Crippen LogP contribution in [0.25, 0.3) is 0 Å². The van der Waals surface area contributed by atoms with E-state index in [4.69, 9.17) is 4.74 Å². The van der Waals surface area contributed by atoms with Gasteiger partial charge in [0.05, 0.1) is 18.0 Å². The predicted octanol–water partition coefficient (Wildman–Crippen LogP) is 3.46. The summed E-state index contributed by atoms with van der Waals surface area (Å²) in [6.45, 7) is 3.67. The minimum atomic E-state index is 0.113. The highest BCUT2D eigenvalue weighted by molar-refractivity contribution is 9.10. The average Bonchev–Trinajstić information content (AvgIpc) is 3.03. The fourth-order valence-corrected chi connectivity index (χ4v) is 2.94. The van der Waals surface area contributed by atoms with Crippen LogP contribution in [0.3, 0.4) is 0 Å². The van der Waals surface area contributed by atoms with Crippen molar-refractivity contribution in [3.05, 3.63) is 40.3 Å². The maximum Gasteiger partial charge on any atom is 0.126 e. The SMILES string of the molecule is Cc1nc(NC[C@@H]2CCCO[C@H]2c2cn[nH]c2)ccc1Br. The van der Waals surface area contributed by atoms with Crippen LogP contribution < -0.4 is 5.32 Å². The first-order valence-corrected chi connectivity index (χ1v) is 8.00. The number of aryl methyl sites for hydroxylation is 1. The Morgan fingerprint density at radius 3 is 3.14 bits per heavy atom. The van der Waals surface area contributed by atoms with Crippen LogP contribution in [0, 0.1) is 12.8 Å². The van der Waals surface area contributed by atoms with Crippen LogP contribution in [0.15, 0.2) is 29.0 Å². The second-order valence-electron chi connectivity index (χ2n) is 5.37. The standard InChI is InChI=1S/C15H19BrN4O/c1-10-13(16)4-5-14(20-10)17-7-11-3-2-6-21-15(11)12-8-18-19-9-12/h4-5,8-9,11,15H,2-3,6-7H2,1H3,(H,17,20)(H,18,19)/t11-,15+/m0/s1. The number of pyridine rings is 1. The van der Waals surface area contributed by atoms with Gasteiger partial charge in [-0.15, -0.1) is 0 Å². The lowest BCUT2D eigenvalue weighted by Crippen LogP contribution is -2.28. The Kier molecular flexibility index (Phi) is 4.55. The number of nitrogens with zero attached hydrogens (tertiary/aromatic N) is 2. The van der Waals surface area contributed by atoms with Gasteiger partial charge in [0.1, 0.15) is 5.82 Å². The molecule has 6 heteroatoms. The monoisotopic (exact) mass is 350 g/mol. The third kappa shape index (κ3) is 3.44. The molecule has 21 heavy (non-hydrogen) atoms. The molecule has 2 atom stereocenters. The second-order valence-corrected chi connectivity index (χ2v) is 6.22. The number of hydrogen-bond acceptors (Lipinski definition) is 4. The fourth-order valence-electron chi connectivity index (χ4n) is 2.72. The van der Waals surface area contributed by atoms with Crippen LogP contribution in [0.2, 0.25) is 0 Å². The summed E-state index contributed by atoms with van der Waals surface area (Å²) in [4.78, 5) is 4.53. The Balaban J connectivity index is 1.66. The van der Waals surface area contributed by atoms with E-state index in [9.17, 15) is 0 Å². The summed E-state index contributed by atoms with van der Waals surface area (Å²) >= 11 is 3.47. The van der Waals surface area contributed by atoms with E-state index in [2.05, 4.69) is 36.4 Å². The van der Waals surface area contributed by atoms with Gasteiger partial charge < -0.3 is 10.1 Å². The van der Waals surface area contributed by atoms with Crippen LogP contribution >= 0.6 is 15.9 Å². The average molecular weight is 351 g/mol. The van der Waals surface area contributed by atoms with Gasteiger partial charge in [-0.1, -0.05) is 0 Å². The fraction of sp³-hybridized carbons (Fsp3) is 0.467. The van der Waals surface area contributed by atoms with Crippen molar-refractivity contribution >= 4 is 21.7 Å². The summed E-state index contributed by atoms with van der Waals surface area (Å²) in [7, 11) is 0. The number of aromatic amines is 1. The number of H-pyrrole nitrogens is 1. The van der Waals surface area contributed by atoms with Gasteiger partial charge in [-0.3, -0.25) is 5.10 Å². The van der Waals surface area contributed by atoms with Crippen molar-refractivity contribution in [1.29, 1.82) is 0 Å². The van der Waals surface area contributed by atoms with Crippen molar-refractivity contribution in [1.82, 2.24) is 15.2 Å². The number of hydrogen-bond donors (Lipinski definition) is 2. The van der Waals surface area contributed by atoms with Gasteiger partial charge in [0.25, 0.3) is 0 Å². The summed E-state index contributed by atoms with van der Waals surface area (Å²) in [5.74, 6) is 1.34. The highest BCUT2D eigenvalue weighted by Gasteiger charge is 2.28. The van der Waals surface area contributed by atoms with Crippen LogP contribution in [0.1, 0.15) is 30.2 Å². The molecule has 1 saturated heterocycles. The van der Waals surface area contributed by atoms with E-state index in [1.165, 1.54) is 0 Å². The second kappa shape index (κ2) is 6.58. The number of ether oxygens (including phenoxy) is 1. The summed E-state index contributed by atoms with van der Waals surface area (Å²) in [5.41, 5.74) is 2.12. The van der Waals surface area contributed by atoms with E-state index in [0.29, 0.717) is 5.92 Å². The molecule has 0 bridgehead atoms. The smallest absolute Gasteiger partial charge is 0.126 e. The molecule has 2 aromatic rings. The van der Waals surface area contributed by atoms with Crippen LogP contribution in [-0.2, 0) is 4.74 Å². The molecule has 3 heterocycles. The van der Waals surface area contributed by atoms with E-state index in [1.54, 1.807) is 0 Å². The molecule has 2 N–H and O–H groups in total. The molecule has 0 saturated carbocycles. The zero-order valence-corrected chi connectivity index (χ0v) is 13.6. The Bertz CT molecular complexity index is 587. The van der Waals surface area contributed by atoms with Crippen LogP contribution in [-0.4, -0.2) is 28.3 Å². The quantitative estimate of drug-likeness (QED) is 0.886. The van der Waals surface area contributed by atoms with Crippen molar-refractivity contribution < 1.29 is 4.74 Å². The summed E-state index contributed by atoms with van der Waals surface area (Å²) < 4.78 is 6.97. The molecule has 1 aliphatic rings. The lowest BCUT2D eigenvalue weighted by molar-refractivity contribution is -0.0238. The van der Waals surface area contributed by atoms with Crippen LogP contribution in [0.5, 0.6) is 0 Å². The van der Waals surface area contributed by atoms with E-state index < -0.39 is 0 Å². The van der Waals surface area contributed by atoms with Crippen molar-refractivity contribution in [2.45, 2.75) is 25.9 Å². The molecule has 0 aromatic carbocycles. The zero-order chi connectivity index (χ0) is 14.7. The molecular weight excluding hydrogens is 332 g/mol. The summed E-state index contributed by atoms with van der Waals surface area (Å²) in [5, 5.41) is 10.3. The van der Waals surface area contributed by atoms with Crippen molar-refractivity contribution in [3.63, 3.8) is 0 Å². The number of nitrogens with one attached hydrogen (secondary N) is 2. The highest BCUT2D eigenvalue weighted by Crippen LogP contribution is 2.33. The minimum Gasteiger partial charge on any atom is -0.373 e. The zero-order valence-electron chi connectivity index (χ0n) is 12.0. The number of rotatable bonds is 4. The molecule has 0 spiro atoms. The van der Waals surface area contributed by atoms with E-state index in [1.807, 2.05) is 31.5 Å². The number of aromatic nitrogens is 3. The van der Waals surface area contributed by atoms with Crippen molar-refractivity contribution in [2.75, 3.05) is 18.5 Å². The summed E-state index contributed by atoms with van der Waals surface area (Å²) in [6, 6.07) is 4.02. The minimum absolute atomic E-state index is 0.113. The van der Waals surface area contributed by atoms with E-state index >= 15 is 0 Å². The molecule has 3 rings (SSSR count). The molecule has 0 amide bonds. The van der Waals surface area contributed by atoms with Gasteiger partial charge in [0, 0.05) is 35.3 Å². The van der Waals surface area contributed by atoms with Gasteiger partial charge in [-0.2, -0.15) is 5.10 Å². The van der Waals surface area contributed by atoms with Crippen LogP contribution in [0.4, 0.5) is 5.82 Å². The highest BCUT2D eigenvalue weighted by atomic mass is 79.9. The normalized spacial score (nSPS) is 22.2. The third-order valence-electron chi connectivity index (χ3n) is 3.86. The first-order valence-electron chi connectivity index (χ1n) is 7.21. The maximum absolute atomic E-state index is 5.94.